The first kappa shape index (κ1) is 23.7. The van der Waals surface area contributed by atoms with E-state index >= 15 is 0 Å². The van der Waals surface area contributed by atoms with Crippen LogP contribution in [0.15, 0.2) is 35.6 Å². The van der Waals surface area contributed by atoms with Crippen molar-refractivity contribution in [1.82, 2.24) is 20.2 Å². The highest BCUT2D eigenvalue weighted by Gasteiger charge is 2.07. The van der Waals surface area contributed by atoms with Crippen molar-refractivity contribution in [2.24, 2.45) is 10.9 Å². The number of nitrogens with zero attached hydrogens (tertiary/aromatic N) is 3. The zero-order valence-electron chi connectivity index (χ0n) is 16.5. The number of imidazole rings is 1. The largest absolute Gasteiger partial charge is 0.396 e. The van der Waals surface area contributed by atoms with Gasteiger partial charge < -0.3 is 20.3 Å². The first-order valence-corrected chi connectivity index (χ1v) is 9.81. The van der Waals surface area contributed by atoms with E-state index in [1.807, 2.05) is 24.5 Å². The van der Waals surface area contributed by atoms with Crippen LogP contribution in [-0.2, 0) is 6.54 Å². The summed E-state index contributed by atoms with van der Waals surface area (Å²) in [5.41, 5.74) is 2.22. The minimum Gasteiger partial charge on any atom is -0.396 e. The van der Waals surface area contributed by atoms with E-state index in [4.69, 9.17) is 4.99 Å². The molecule has 1 atom stereocenters. The molecule has 6 nitrogen and oxygen atoms in total. The number of para-hydroxylation sites is 2. The zero-order valence-corrected chi connectivity index (χ0v) is 18.9. The molecule has 1 aromatic carbocycles. The van der Waals surface area contributed by atoms with Crippen LogP contribution in [0.4, 0.5) is 0 Å². The summed E-state index contributed by atoms with van der Waals surface area (Å²) >= 11 is 0. The lowest BCUT2D eigenvalue weighted by molar-refractivity contribution is 0.253. The van der Waals surface area contributed by atoms with E-state index in [0.29, 0.717) is 5.92 Å². The van der Waals surface area contributed by atoms with E-state index in [0.717, 1.165) is 63.3 Å². The Bertz CT molecular complexity index is 667. The lowest BCUT2D eigenvalue weighted by Crippen LogP contribution is -2.38. The SMILES string of the molecule is CCCC(CCO)CN=C(NCC)NCCCn1cnc2ccccc21.I. The van der Waals surface area contributed by atoms with Gasteiger partial charge in [-0.2, -0.15) is 0 Å². The van der Waals surface area contributed by atoms with Gasteiger partial charge in [-0.15, -0.1) is 24.0 Å². The lowest BCUT2D eigenvalue weighted by atomic mass is 10.0. The molecule has 2 rings (SSSR count). The molecule has 1 aromatic heterocycles. The minimum atomic E-state index is 0. The molecule has 0 spiro atoms. The number of aromatic nitrogens is 2. The van der Waals surface area contributed by atoms with Crippen molar-refractivity contribution in [1.29, 1.82) is 0 Å². The second-order valence-corrected chi connectivity index (χ2v) is 6.59. The monoisotopic (exact) mass is 487 g/mol. The quantitative estimate of drug-likeness (QED) is 0.197. The van der Waals surface area contributed by atoms with Crippen molar-refractivity contribution >= 4 is 41.0 Å². The predicted molar refractivity (Wildman–Crippen MR) is 124 cm³/mol. The second-order valence-electron chi connectivity index (χ2n) is 6.59. The molecule has 0 fully saturated rings. The average Bonchev–Trinajstić information content (AvgIpc) is 3.06. The summed E-state index contributed by atoms with van der Waals surface area (Å²) < 4.78 is 2.19. The molecule has 0 saturated carbocycles. The van der Waals surface area contributed by atoms with Gasteiger partial charge in [0.05, 0.1) is 17.4 Å². The number of fused-ring (bicyclic) bond motifs is 1. The van der Waals surface area contributed by atoms with Gasteiger partial charge in [0.15, 0.2) is 5.96 Å². The molecule has 1 heterocycles. The number of aryl methyl sites for hydroxylation is 1. The maximum atomic E-state index is 9.18. The molecule has 152 valence electrons. The van der Waals surface area contributed by atoms with Crippen molar-refractivity contribution in [2.45, 2.75) is 46.1 Å². The molecule has 1 unspecified atom stereocenters. The first-order chi connectivity index (χ1) is 12.8. The van der Waals surface area contributed by atoms with Gasteiger partial charge in [0.2, 0.25) is 0 Å². The topological polar surface area (TPSA) is 74.5 Å². The smallest absolute Gasteiger partial charge is 0.191 e. The molecule has 0 aliphatic heterocycles. The normalized spacial score (nSPS) is 12.6. The van der Waals surface area contributed by atoms with Crippen LogP contribution in [0.1, 0.15) is 39.5 Å². The van der Waals surface area contributed by atoms with Gasteiger partial charge in [-0.3, -0.25) is 4.99 Å². The maximum absolute atomic E-state index is 9.18. The number of hydrogen-bond acceptors (Lipinski definition) is 3. The van der Waals surface area contributed by atoms with Crippen molar-refractivity contribution in [3.8, 4) is 0 Å². The van der Waals surface area contributed by atoms with E-state index in [2.05, 4.69) is 40.1 Å². The summed E-state index contributed by atoms with van der Waals surface area (Å²) in [6.07, 6.45) is 5.97. The van der Waals surface area contributed by atoms with Crippen LogP contribution < -0.4 is 10.6 Å². The Morgan fingerprint density at radius 2 is 2.04 bits per heavy atom. The first-order valence-electron chi connectivity index (χ1n) is 9.81. The van der Waals surface area contributed by atoms with Crippen molar-refractivity contribution in [2.75, 3.05) is 26.2 Å². The number of hydrogen-bond donors (Lipinski definition) is 3. The van der Waals surface area contributed by atoms with Gasteiger partial charge in [0.25, 0.3) is 0 Å². The van der Waals surface area contributed by atoms with Crippen LogP contribution in [0.25, 0.3) is 11.0 Å². The molecule has 0 bridgehead atoms. The number of halogens is 1. The van der Waals surface area contributed by atoms with Gasteiger partial charge in [0, 0.05) is 32.8 Å². The number of aliphatic hydroxyl groups excluding tert-OH is 1. The molecule has 0 amide bonds. The highest BCUT2D eigenvalue weighted by Crippen LogP contribution is 2.12. The van der Waals surface area contributed by atoms with E-state index in [1.165, 1.54) is 5.52 Å². The molecule has 0 saturated heterocycles. The summed E-state index contributed by atoms with van der Waals surface area (Å²) in [7, 11) is 0. The third-order valence-electron chi connectivity index (χ3n) is 4.48. The molecule has 27 heavy (non-hydrogen) atoms. The lowest BCUT2D eigenvalue weighted by Gasteiger charge is -2.15. The maximum Gasteiger partial charge on any atom is 0.191 e. The van der Waals surface area contributed by atoms with Crippen LogP contribution in [0.2, 0.25) is 0 Å². The Balaban J connectivity index is 0.00000364. The Hall–Kier alpha value is -1.35. The van der Waals surface area contributed by atoms with Gasteiger partial charge in [-0.1, -0.05) is 25.5 Å². The zero-order chi connectivity index (χ0) is 18.6. The van der Waals surface area contributed by atoms with Gasteiger partial charge in [-0.05, 0) is 44.2 Å². The number of guanidine groups is 1. The second kappa shape index (κ2) is 13.8. The summed E-state index contributed by atoms with van der Waals surface area (Å²) in [6.45, 7) is 7.88. The summed E-state index contributed by atoms with van der Waals surface area (Å²) in [6, 6.07) is 8.21. The number of nitrogens with one attached hydrogen (secondary N) is 2. The summed E-state index contributed by atoms with van der Waals surface area (Å²) in [4.78, 5) is 9.13. The summed E-state index contributed by atoms with van der Waals surface area (Å²) in [5.74, 6) is 1.32. The number of aliphatic hydroxyl groups is 1. The van der Waals surface area contributed by atoms with Crippen LogP contribution in [0.3, 0.4) is 0 Å². The van der Waals surface area contributed by atoms with Crippen molar-refractivity contribution in [3.63, 3.8) is 0 Å². The minimum absolute atomic E-state index is 0. The Labute approximate surface area is 179 Å². The summed E-state index contributed by atoms with van der Waals surface area (Å²) in [5, 5.41) is 15.9. The van der Waals surface area contributed by atoms with E-state index in [9.17, 15) is 5.11 Å². The van der Waals surface area contributed by atoms with Crippen molar-refractivity contribution < 1.29 is 5.11 Å². The Morgan fingerprint density at radius 1 is 1.22 bits per heavy atom. The third-order valence-corrected chi connectivity index (χ3v) is 4.48. The van der Waals surface area contributed by atoms with Crippen LogP contribution >= 0.6 is 24.0 Å². The number of benzene rings is 1. The van der Waals surface area contributed by atoms with Gasteiger partial charge >= 0.3 is 0 Å². The van der Waals surface area contributed by atoms with Crippen LogP contribution in [0.5, 0.6) is 0 Å². The van der Waals surface area contributed by atoms with E-state index in [-0.39, 0.29) is 30.6 Å². The van der Waals surface area contributed by atoms with Crippen LogP contribution in [0, 0.1) is 5.92 Å². The molecule has 0 radical (unpaired) electrons. The van der Waals surface area contributed by atoms with E-state index < -0.39 is 0 Å². The fourth-order valence-electron chi connectivity index (χ4n) is 3.12. The molecule has 3 N–H and O–H groups in total. The highest BCUT2D eigenvalue weighted by molar-refractivity contribution is 14.0. The molecular formula is C20H34IN5O. The average molecular weight is 487 g/mol. The fourth-order valence-corrected chi connectivity index (χ4v) is 3.12. The number of aliphatic imine (C=N–C) groups is 1. The standard InChI is InChI=1S/C20H33N5O.HI/c1-3-8-17(11-14-26)15-23-20(21-4-2)22-12-7-13-25-16-24-18-9-5-6-10-19(18)25;/h5-6,9-10,16-17,26H,3-4,7-8,11-15H2,1-2H3,(H2,21,22,23);1H. The van der Waals surface area contributed by atoms with Gasteiger partial charge in [0.1, 0.15) is 0 Å². The molecule has 0 aliphatic carbocycles. The number of rotatable bonds is 11. The molecular weight excluding hydrogens is 453 g/mol. The fraction of sp³-hybridized carbons (Fsp3) is 0.600. The van der Waals surface area contributed by atoms with Crippen molar-refractivity contribution in [3.05, 3.63) is 30.6 Å². The Kier molecular flexibility index (Phi) is 12.1. The molecule has 2 aromatic rings. The van der Waals surface area contributed by atoms with Gasteiger partial charge in [-0.25, -0.2) is 4.98 Å². The van der Waals surface area contributed by atoms with E-state index in [1.54, 1.807) is 0 Å². The third kappa shape index (κ3) is 8.04. The molecule has 0 aliphatic rings. The molecule has 7 heteroatoms. The highest BCUT2D eigenvalue weighted by atomic mass is 127. The van der Waals surface area contributed by atoms with Crippen LogP contribution in [-0.4, -0.2) is 46.9 Å². The Morgan fingerprint density at radius 3 is 2.78 bits per heavy atom. The predicted octanol–water partition coefficient (Wildman–Crippen LogP) is 3.40.